The molecule has 0 bridgehead atoms. The van der Waals surface area contributed by atoms with Crippen LogP contribution in [0.25, 0.3) is 0 Å². The molecule has 3 aliphatic rings. The van der Waals surface area contributed by atoms with Crippen molar-refractivity contribution in [1.82, 2.24) is 0 Å². The third kappa shape index (κ3) is 1.91. The van der Waals surface area contributed by atoms with Gasteiger partial charge in [-0.05, 0) is 70.8 Å². The maximum Gasteiger partial charge on any atom is 0.525 e. The van der Waals surface area contributed by atoms with Gasteiger partial charge in [0.05, 0.1) is 11.2 Å². The fraction of sp³-hybridized carbons (Fsp3) is 0.867. The van der Waals surface area contributed by atoms with E-state index in [4.69, 9.17) is 9.31 Å². The van der Waals surface area contributed by atoms with Crippen molar-refractivity contribution in [3.8, 4) is 0 Å². The molecule has 0 aromatic heterocycles. The van der Waals surface area contributed by atoms with Crippen LogP contribution in [-0.2, 0) is 9.31 Å². The van der Waals surface area contributed by atoms with Crippen LogP contribution in [0.5, 0.6) is 0 Å². The molecule has 3 fully saturated rings. The van der Waals surface area contributed by atoms with Gasteiger partial charge in [-0.2, -0.15) is 0 Å². The van der Waals surface area contributed by atoms with E-state index >= 15 is 0 Å². The first-order valence-corrected chi connectivity index (χ1v) is 7.52. The number of allylic oxidation sites excluding steroid dienone is 1. The molecule has 19 heavy (non-hydrogen) atoms. The second-order valence-corrected chi connectivity index (χ2v) is 7.40. The Balaban J connectivity index is 1.87. The minimum absolute atomic E-state index is 0.129. The summed E-state index contributed by atoms with van der Waals surface area (Å²) in [5.41, 5.74) is 0.114. The summed E-state index contributed by atoms with van der Waals surface area (Å²) in [5, 5.41) is 0. The Bertz CT molecular complexity index is 408. The molecule has 106 valence electrons. The van der Waals surface area contributed by atoms with Crippen LogP contribution in [0, 0.1) is 5.41 Å². The zero-order chi connectivity index (χ0) is 13.9. The summed E-state index contributed by atoms with van der Waals surface area (Å²) < 4.78 is 26.5. The number of hydrogen-bond acceptors (Lipinski definition) is 2. The lowest BCUT2D eigenvalue weighted by atomic mass is 9.63. The zero-order valence-corrected chi connectivity index (χ0v) is 12.5. The molecule has 0 radical (unpaired) electrons. The van der Waals surface area contributed by atoms with Gasteiger partial charge in [0.1, 0.15) is 5.73 Å². The van der Waals surface area contributed by atoms with Gasteiger partial charge in [0.25, 0.3) is 0 Å². The minimum Gasteiger partial charge on any atom is -0.398 e. The average molecular weight is 266 g/mol. The molecule has 1 saturated heterocycles. The monoisotopic (exact) mass is 266 g/mol. The SMILES string of the molecule is CC1(C)OB(C(F)=C2CCCC23CCC3)OC1(C)C. The average Bonchev–Trinajstić information content (AvgIpc) is 2.77. The Labute approximate surface area is 115 Å². The van der Waals surface area contributed by atoms with Crippen LogP contribution in [0.2, 0.25) is 0 Å². The van der Waals surface area contributed by atoms with Crippen LogP contribution in [-0.4, -0.2) is 18.3 Å². The third-order valence-electron chi connectivity index (χ3n) is 5.78. The molecule has 0 atom stereocenters. The molecule has 2 nitrogen and oxygen atoms in total. The lowest BCUT2D eigenvalue weighted by molar-refractivity contribution is 0.00578. The quantitative estimate of drug-likeness (QED) is 0.662. The minimum atomic E-state index is -0.796. The molecular weight excluding hydrogens is 242 g/mol. The Morgan fingerprint density at radius 3 is 2.00 bits per heavy atom. The first-order chi connectivity index (χ1) is 8.78. The van der Waals surface area contributed by atoms with Gasteiger partial charge >= 0.3 is 7.12 Å². The lowest BCUT2D eigenvalue weighted by Crippen LogP contribution is -2.41. The highest BCUT2D eigenvalue weighted by molar-refractivity contribution is 6.53. The predicted molar refractivity (Wildman–Crippen MR) is 74.4 cm³/mol. The van der Waals surface area contributed by atoms with Gasteiger partial charge < -0.3 is 9.31 Å². The Hall–Kier alpha value is -0.345. The Morgan fingerprint density at radius 2 is 1.53 bits per heavy atom. The summed E-state index contributed by atoms with van der Waals surface area (Å²) in [5.74, 6) is 0. The van der Waals surface area contributed by atoms with E-state index < -0.39 is 18.3 Å². The fourth-order valence-corrected chi connectivity index (χ4v) is 3.64. The molecule has 0 aromatic carbocycles. The molecule has 0 N–H and O–H groups in total. The first kappa shape index (κ1) is 13.6. The number of hydrogen-bond donors (Lipinski definition) is 0. The molecule has 0 aromatic rings. The van der Waals surface area contributed by atoms with Crippen molar-refractivity contribution in [1.29, 1.82) is 0 Å². The number of rotatable bonds is 1. The van der Waals surface area contributed by atoms with Gasteiger partial charge in [-0.1, -0.05) is 6.42 Å². The van der Waals surface area contributed by atoms with Crippen LogP contribution >= 0.6 is 0 Å². The van der Waals surface area contributed by atoms with Gasteiger partial charge in [0.15, 0.2) is 0 Å². The van der Waals surface area contributed by atoms with Crippen molar-refractivity contribution in [3.63, 3.8) is 0 Å². The zero-order valence-electron chi connectivity index (χ0n) is 12.5. The van der Waals surface area contributed by atoms with Gasteiger partial charge in [-0.15, -0.1) is 0 Å². The van der Waals surface area contributed by atoms with E-state index in [-0.39, 0.29) is 11.1 Å². The van der Waals surface area contributed by atoms with Crippen molar-refractivity contribution in [2.45, 2.75) is 77.4 Å². The van der Waals surface area contributed by atoms with Crippen molar-refractivity contribution in [2.24, 2.45) is 5.41 Å². The first-order valence-electron chi connectivity index (χ1n) is 7.52. The van der Waals surface area contributed by atoms with Crippen molar-refractivity contribution in [3.05, 3.63) is 11.3 Å². The standard InChI is InChI=1S/C15H24BFO2/c1-13(2)14(3,4)19-16(18-13)12(17)11-7-5-8-15(11)9-6-10-15/h5-10H2,1-4H3. The molecule has 2 saturated carbocycles. The summed E-state index contributed by atoms with van der Waals surface area (Å²) in [6, 6.07) is 0. The summed E-state index contributed by atoms with van der Waals surface area (Å²) in [6.07, 6.45) is 6.68. The molecule has 3 rings (SSSR count). The van der Waals surface area contributed by atoms with Gasteiger partial charge in [-0.3, -0.25) is 0 Å². The van der Waals surface area contributed by atoms with E-state index in [9.17, 15) is 4.39 Å². The molecule has 4 heteroatoms. The number of halogens is 1. The molecule has 1 heterocycles. The van der Waals surface area contributed by atoms with E-state index in [1.54, 1.807) is 0 Å². The lowest BCUT2D eigenvalue weighted by Gasteiger charge is -2.40. The molecule has 0 unspecified atom stereocenters. The molecule has 1 spiro atoms. The Morgan fingerprint density at radius 1 is 1.00 bits per heavy atom. The second-order valence-electron chi connectivity index (χ2n) is 7.40. The molecule has 2 aliphatic carbocycles. The molecular formula is C15H24BFO2. The van der Waals surface area contributed by atoms with Gasteiger partial charge in [0.2, 0.25) is 0 Å². The van der Waals surface area contributed by atoms with E-state index in [0.717, 1.165) is 37.7 Å². The Kier molecular flexibility index (Phi) is 2.93. The highest BCUT2D eigenvalue weighted by atomic mass is 19.1. The van der Waals surface area contributed by atoms with Gasteiger partial charge in [0, 0.05) is 0 Å². The van der Waals surface area contributed by atoms with E-state index in [1.165, 1.54) is 6.42 Å². The topological polar surface area (TPSA) is 18.5 Å². The molecule has 1 aliphatic heterocycles. The normalized spacial score (nSPS) is 33.6. The van der Waals surface area contributed by atoms with E-state index in [1.807, 2.05) is 27.7 Å². The van der Waals surface area contributed by atoms with Crippen LogP contribution in [0.1, 0.15) is 66.2 Å². The summed E-state index contributed by atoms with van der Waals surface area (Å²) in [7, 11) is -0.796. The fourth-order valence-electron chi connectivity index (χ4n) is 3.64. The van der Waals surface area contributed by atoms with Crippen LogP contribution in [0.15, 0.2) is 11.3 Å². The summed E-state index contributed by atoms with van der Waals surface area (Å²) >= 11 is 0. The second kappa shape index (κ2) is 4.08. The third-order valence-corrected chi connectivity index (χ3v) is 5.78. The van der Waals surface area contributed by atoms with Crippen LogP contribution in [0.3, 0.4) is 0 Å². The molecule has 0 amide bonds. The summed E-state index contributed by atoms with van der Waals surface area (Å²) in [6.45, 7) is 7.88. The highest BCUT2D eigenvalue weighted by Gasteiger charge is 2.55. The van der Waals surface area contributed by atoms with Crippen molar-refractivity contribution >= 4 is 7.12 Å². The van der Waals surface area contributed by atoms with Crippen LogP contribution < -0.4 is 0 Å². The summed E-state index contributed by atoms with van der Waals surface area (Å²) in [4.78, 5) is 0. The van der Waals surface area contributed by atoms with E-state index in [2.05, 4.69) is 0 Å². The largest absolute Gasteiger partial charge is 0.525 e. The van der Waals surface area contributed by atoms with Crippen molar-refractivity contribution < 1.29 is 13.7 Å². The predicted octanol–water partition coefficient (Wildman–Crippen LogP) is 4.20. The van der Waals surface area contributed by atoms with E-state index in [0.29, 0.717) is 0 Å². The maximum absolute atomic E-state index is 14.8. The van der Waals surface area contributed by atoms with Crippen LogP contribution in [0.4, 0.5) is 4.39 Å². The van der Waals surface area contributed by atoms with Crippen molar-refractivity contribution in [2.75, 3.05) is 0 Å². The highest BCUT2D eigenvalue weighted by Crippen LogP contribution is 2.58. The van der Waals surface area contributed by atoms with Gasteiger partial charge in [-0.25, -0.2) is 4.39 Å². The smallest absolute Gasteiger partial charge is 0.398 e. The maximum atomic E-state index is 14.8.